The molecule has 3 N–H and O–H groups in total. The van der Waals surface area contributed by atoms with Gasteiger partial charge in [0.2, 0.25) is 6.33 Å². The Morgan fingerprint density at radius 3 is 2.70 bits per heavy atom. The highest BCUT2D eigenvalue weighted by Crippen LogP contribution is 2.24. The van der Waals surface area contributed by atoms with Crippen molar-refractivity contribution in [2.24, 2.45) is 7.05 Å². The first kappa shape index (κ1) is 16.2. The molecule has 0 fully saturated rings. The van der Waals surface area contributed by atoms with E-state index < -0.39 is 0 Å². The van der Waals surface area contributed by atoms with Crippen LogP contribution in [0.15, 0.2) is 36.9 Å². The molecule has 1 aromatic heterocycles. The Labute approximate surface area is 126 Å². The maximum atomic E-state index is 5.98. The number of nitrogens with two attached hydrogens (primary N) is 1. The third kappa shape index (κ3) is 3.81. The largest absolute Gasteiger partial charge is 1.00 e. The van der Waals surface area contributed by atoms with Gasteiger partial charge >= 0.3 is 0 Å². The summed E-state index contributed by atoms with van der Waals surface area (Å²) in [6.07, 6.45) is 6.19. The second-order valence-electron chi connectivity index (χ2n) is 4.76. The summed E-state index contributed by atoms with van der Waals surface area (Å²) in [4.78, 5) is 2.20. The number of halogens is 1. The zero-order valence-corrected chi connectivity index (χ0v) is 12.9. The molecule has 0 saturated heterocycles. The Balaban J connectivity index is 0.00000200. The van der Waals surface area contributed by atoms with Crippen molar-refractivity contribution < 1.29 is 17.0 Å². The highest BCUT2D eigenvalue weighted by Gasteiger charge is 2.06. The summed E-state index contributed by atoms with van der Waals surface area (Å²) in [7, 11) is 5.98. The van der Waals surface area contributed by atoms with Crippen LogP contribution < -0.4 is 32.9 Å². The van der Waals surface area contributed by atoms with Gasteiger partial charge in [0.1, 0.15) is 18.9 Å². The van der Waals surface area contributed by atoms with E-state index in [1.54, 1.807) is 0 Å². The Morgan fingerprint density at radius 1 is 1.40 bits per heavy atom. The van der Waals surface area contributed by atoms with Crippen molar-refractivity contribution in [2.45, 2.75) is 6.54 Å². The SMILES string of the molecule is CNc1ccc(N(C)CCn2cc[n+](C)c2)cc1N.[Cl-]. The maximum absolute atomic E-state index is 5.98. The van der Waals surface area contributed by atoms with Crippen molar-refractivity contribution >= 4 is 17.1 Å². The van der Waals surface area contributed by atoms with Crippen LogP contribution in [0.4, 0.5) is 17.1 Å². The van der Waals surface area contributed by atoms with Gasteiger partial charge in [-0.1, -0.05) is 0 Å². The molecule has 1 heterocycles. The molecule has 0 amide bonds. The zero-order chi connectivity index (χ0) is 13.8. The van der Waals surface area contributed by atoms with E-state index in [0.29, 0.717) is 0 Å². The van der Waals surface area contributed by atoms with Crippen LogP contribution in [0, 0.1) is 0 Å². The normalized spacial score (nSPS) is 9.95. The molecular weight excluding hydrogens is 274 g/mol. The highest BCUT2D eigenvalue weighted by molar-refractivity contribution is 5.71. The fraction of sp³-hybridized carbons (Fsp3) is 0.357. The smallest absolute Gasteiger partial charge is 0.243 e. The van der Waals surface area contributed by atoms with E-state index in [2.05, 4.69) is 40.4 Å². The first-order valence-electron chi connectivity index (χ1n) is 6.39. The molecule has 0 spiro atoms. The second-order valence-corrected chi connectivity index (χ2v) is 4.76. The van der Waals surface area contributed by atoms with Gasteiger partial charge in [0.15, 0.2) is 0 Å². The Morgan fingerprint density at radius 2 is 2.15 bits per heavy atom. The molecule has 0 aliphatic carbocycles. The minimum absolute atomic E-state index is 0. The predicted molar refractivity (Wildman–Crippen MR) is 79.3 cm³/mol. The molecular formula is C14H22ClN5. The quantitative estimate of drug-likeness (QED) is 0.499. The summed E-state index contributed by atoms with van der Waals surface area (Å²) in [5.41, 5.74) is 8.86. The molecule has 0 bridgehead atoms. The van der Waals surface area contributed by atoms with E-state index in [1.165, 1.54) is 0 Å². The third-order valence-electron chi connectivity index (χ3n) is 3.26. The number of likely N-dealkylation sites (N-methyl/N-ethyl adjacent to an activating group) is 1. The first-order chi connectivity index (χ1) is 9.10. The van der Waals surface area contributed by atoms with E-state index in [-0.39, 0.29) is 12.4 Å². The average molecular weight is 296 g/mol. The van der Waals surface area contributed by atoms with Gasteiger partial charge in [-0.15, -0.1) is 0 Å². The van der Waals surface area contributed by atoms with Gasteiger partial charge in [-0.2, -0.15) is 0 Å². The lowest BCUT2D eigenvalue weighted by molar-refractivity contribution is -0.671. The van der Waals surface area contributed by atoms with Gasteiger partial charge in [-0.3, -0.25) is 0 Å². The standard InChI is InChI=1S/C14H22N5.ClH/c1-16-14-5-4-12(10-13(14)15)18(3)7-9-19-8-6-17(2)11-19;/h4-6,8,10-11,16H,7,9,15H2,1-3H3;1H/q+1;/p-1. The van der Waals surface area contributed by atoms with Crippen molar-refractivity contribution in [3.63, 3.8) is 0 Å². The number of aryl methyl sites for hydroxylation is 1. The zero-order valence-electron chi connectivity index (χ0n) is 12.2. The number of hydrogen-bond donors (Lipinski definition) is 2. The molecule has 1 aromatic carbocycles. The average Bonchev–Trinajstić information content (AvgIpc) is 2.81. The molecule has 0 aliphatic rings. The van der Waals surface area contributed by atoms with Crippen LogP contribution in [-0.2, 0) is 13.6 Å². The number of aromatic nitrogens is 2. The Kier molecular flexibility index (Phi) is 5.70. The first-order valence-corrected chi connectivity index (χ1v) is 6.39. The van der Waals surface area contributed by atoms with Gasteiger partial charge in [-0.05, 0) is 18.2 Å². The number of benzene rings is 1. The summed E-state index contributed by atoms with van der Waals surface area (Å²) in [6, 6.07) is 6.09. The van der Waals surface area contributed by atoms with Crippen molar-refractivity contribution in [1.82, 2.24) is 4.57 Å². The number of anilines is 3. The summed E-state index contributed by atoms with van der Waals surface area (Å²) in [6.45, 7) is 1.89. The van der Waals surface area contributed by atoms with E-state index in [9.17, 15) is 0 Å². The van der Waals surface area contributed by atoms with E-state index in [0.717, 1.165) is 30.2 Å². The number of nitrogens with one attached hydrogen (secondary N) is 1. The lowest BCUT2D eigenvalue weighted by atomic mass is 10.2. The Hall–Kier alpha value is -1.88. The van der Waals surface area contributed by atoms with Crippen LogP contribution in [0.5, 0.6) is 0 Å². The molecule has 0 unspecified atom stereocenters. The minimum Gasteiger partial charge on any atom is -1.00 e. The van der Waals surface area contributed by atoms with Crippen molar-refractivity contribution in [1.29, 1.82) is 0 Å². The van der Waals surface area contributed by atoms with Crippen LogP contribution in [0.2, 0.25) is 0 Å². The number of hydrogen-bond acceptors (Lipinski definition) is 3. The number of nitrogen functional groups attached to an aromatic ring is 1. The molecule has 2 rings (SSSR count). The topological polar surface area (TPSA) is 50.1 Å². The molecule has 0 saturated carbocycles. The van der Waals surface area contributed by atoms with E-state index in [4.69, 9.17) is 5.73 Å². The van der Waals surface area contributed by atoms with Crippen LogP contribution in [0.25, 0.3) is 0 Å². The number of nitrogens with zero attached hydrogens (tertiary/aromatic N) is 3. The van der Waals surface area contributed by atoms with Crippen molar-refractivity contribution in [3.05, 3.63) is 36.9 Å². The van der Waals surface area contributed by atoms with Gasteiger partial charge in [0, 0.05) is 19.8 Å². The summed E-state index contributed by atoms with van der Waals surface area (Å²) < 4.78 is 4.21. The number of imidazole rings is 1. The van der Waals surface area contributed by atoms with Gasteiger partial charge < -0.3 is 28.4 Å². The minimum atomic E-state index is 0. The molecule has 0 aliphatic heterocycles. The second kappa shape index (κ2) is 7.05. The lowest BCUT2D eigenvalue weighted by Crippen LogP contribution is -3.00. The predicted octanol–water partition coefficient (Wildman–Crippen LogP) is -1.92. The van der Waals surface area contributed by atoms with Crippen molar-refractivity contribution in [3.8, 4) is 0 Å². The van der Waals surface area contributed by atoms with Gasteiger partial charge in [0.25, 0.3) is 0 Å². The summed E-state index contributed by atoms with van der Waals surface area (Å²) in [5.74, 6) is 0. The van der Waals surface area contributed by atoms with Gasteiger partial charge in [-0.25, -0.2) is 9.13 Å². The Bertz CT molecular complexity index is 552. The van der Waals surface area contributed by atoms with Crippen LogP contribution in [0.1, 0.15) is 0 Å². The van der Waals surface area contributed by atoms with Gasteiger partial charge in [0.05, 0.1) is 25.0 Å². The molecule has 0 radical (unpaired) electrons. The van der Waals surface area contributed by atoms with Crippen molar-refractivity contribution in [2.75, 3.05) is 36.6 Å². The molecule has 6 heteroatoms. The van der Waals surface area contributed by atoms with Crippen LogP contribution >= 0.6 is 0 Å². The lowest BCUT2D eigenvalue weighted by Gasteiger charge is -2.19. The van der Waals surface area contributed by atoms with E-state index >= 15 is 0 Å². The van der Waals surface area contributed by atoms with Crippen LogP contribution in [-0.4, -0.2) is 25.2 Å². The van der Waals surface area contributed by atoms with Crippen LogP contribution in [0.3, 0.4) is 0 Å². The summed E-state index contributed by atoms with van der Waals surface area (Å²) in [5, 5.41) is 3.07. The monoisotopic (exact) mass is 295 g/mol. The fourth-order valence-electron chi connectivity index (χ4n) is 2.04. The molecule has 5 nitrogen and oxygen atoms in total. The molecule has 110 valence electrons. The fourth-order valence-corrected chi connectivity index (χ4v) is 2.04. The maximum Gasteiger partial charge on any atom is 0.243 e. The third-order valence-corrected chi connectivity index (χ3v) is 3.26. The summed E-state index contributed by atoms with van der Waals surface area (Å²) >= 11 is 0. The number of rotatable bonds is 5. The van der Waals surface area contributed by atoms with E-state index in [1.807, 2.05) is 37.0 Å². The highest BCUT2D eigenvalue weighted by atomic mass is 35.5. The molecule has 0 atom stereocenters. The molecule has 20 heavy (non-hydrogen) atoms. The molecule has 2 aromatic rings.